The number of H-pyrrole nitrogens is 2. The normalized spacial score (nSPS) is 12.2. The summed E-state index contributed by atoms with van der Waals surface area (Å²) in [4.78, 5) is 19.6. The van der Waals surface area contributed by atoms with E-state index in [4.69, 9.17) is 4.98 Å². The van der Waals surface area contributed by atoms with Crippen molar-refractivity contribution < 1.29 is 4.79 Å². The second kappa shape index (κ2) is 8.31. The molecule has 4 rings (SSSR count). The highest BCUT2D eigenvalue weighted by Gasteiger charge is 2.19. The lowest BCUT2D eigenvalue weighted by Gasteiger charge is -2.12. The number of nitrogens with one attached hydrogen (secondary N) is 3. The van der Waals surface area contributed by atoms with E-state index >= 15 is 0 Å². The van der Waals surface area contributed by atoms with E-state index in [1.54, 1.807) is 6.92 Å². The average molecular weight is 387 g/mol. The highest BCUT2D eigenvalue weighted by Crippen LogP contribution is 2.29. The van der Waals surface area contributed by atoms with Gasteiger partial charge in [-0.2, -0.15) is 5.10 Å². The number of amides is 1. The highest BCUT2D eigenvalue weighted by molar-refractivity contribution is 5.89. The third-order valence-corrected chi connectivity index (χ3v) is 5.02. The molecule has 2 aromatic heterocycles. The predicted molar refractivity (Wildman–Crippen MR) is 115 cm³/mol. The van der Waals surface area contributed by atoms with Gasteiger partial charge in [0.15, 0.2) is 5.82 Å². The monoisotopic (exact) mass is 387 g/mol. The van der Waals surface area contributed by atoms with Gasteiger partial charge in [-0.15, -0.1) is 0 Å². The van der Waals surface area contributed by atoms with Crippen LogP contribution < -0.4 is 5.32 Å². The number of benzene rings is 2. The van der Waals surface area contributed by atoms with Gasteiger partial charge in [-0.05, 0) is 37.0 Å². The number of carbonyl (C=O) groups is 1. The SMILES string of the molecule is CC(=O)NC(C)Cc1c(-c2n[nH]c(CCc3ccccc3)n2)[nH]c2ccccc12. The molecule has 0 bridgehead atoms. The molecule has 0 saturated carbocycles. The first-order chi connectivity index (χ1) is 14.1. The molecule has 1 amide bonds. The van der Waals surface area contributed by atoms with Crippen molar-refractivity contribution in [1.82, 2.24) is 25.5 Å². The minimum atomic E-state index is -0.0278. The van der Waals surface area contributed by atoms with Crippen molar-refractivity contribution in [3.8, 4) is 11.5 Å². The molecule has 0 saturated heterocycles. The first kappa shape index (κ1) is 18.9. The Balaban J connectivity index is 1.61. The number of aromatic amines is 2. The molecule has 3 N–H and O–H groups in total. The molecular weight excluding hydrogens is 362 g/mol. The topological polar surface area (TPSA) is 86.5 Å². The summed E-state index contributed by atoms with van der Waals surface area (Å²) >= 11 is 0. The van der Waals surface area contributed by atoms with Crippen LogP contribution in [-0.2, 0) is 24.1 Å². The number of fused-ring (bicyclic) bond motifs is 1. The second-order valence-electron chi connectivity index (χ2n) is 7.42. The molecule has 0 aliphatic heterocycles. The van der Waals surface area contributed by atoms with Crippen molar-refractivity contribution in [2.24, 2.45) is 0 Å². The van der Waals surface area contributed by atoms with Gasteiger partial charge in [0.25, 0.3) is 0 Å². The van der Waals surface area contributed by atoms with Crippen LogP contribution in [0.2, 0.25) is 0 Å². The van der Waals surface area contributed by atoms with Gasteiger partial charge >= 0.3 is 0 Å². The van der Waals surface area contributed by atoms with E-state index in [1.165, 1.54) is 5.56 Å². The summed E-state index contributed by atoms with van der Waals surface area (Å²) in [5.74, 6) is 1.50. The van der Waals surface area contributed by atoms with Gasteiger partial charge < -0.3 is 10.3 Å². The fourth-order valence-electron chi connectivity index (χ4n) is 3.73. The standard InChI is InChI=1S/C23H25N5O/c1-15(24-16(2)29)14-19-18-10-6-7-11-20(18)25-22(19)23-26-21(27-28-23)13-12-17-8-4-3-5-9-17/h3-11,15,25H,12-14H2,1-2H3,(H,24,29)(H,26,27,28). The Hall–Kier alpha value is -3.41. The fraction of sp³-hybridized carbons (Fsp3) is 0.261. The zero-order chi connectivity index (χ0) is 20.2. The molecule has 6 heteroatoms. The molecule has 0 aliphatic rings. The first-order valence-electron chi connectivity index (χ1n) is 9.92. The van der Waals surface area contributed by atoms with Crippen LogP contribution in [0.3, 0.4) is 0 Å². The van der Waals surface area contributed by atoms with E-state index in [1.807, 2.05) is 43.3 Å². The number of rotatable bonds is 7. The van der Waals surface area contributed by atoms with Crippen molar-refractivity contribution in [3.63, 3.8) is 0 Å². The van der Waals surface area contributed by atoms with Crippen LogP contribution in [0, 0.1) is 0 Å². The van der Waals surface area contributed by atoms with Gasteiger partial charge in [0, 0.05) is 30.3 Å². The molecule has 6 nitrogen and oxygen atoms in total. The van der Waals surface area contributed by atoms with Crippen molar-refractivity contribution in [2.75, 3.05) is 0 Å². The summed E-state index contributed by atoms with van der Waals surface area (Å²) in [5.41, 5.74) is 4.35. The molecule has 0 spiro atoms. The molecule has 1 atom stereocenters. The molecule has 4 aromatic rings. The number of nitrogens with zero attached hydrogens (tertiary/aromatic N) is 2. The van der Waals surface area contributed by atoms with Crippen molar-refractivity contribution in [3.05, 3.63) is 71.5 Å². The Morgan fingerprint density at radius 2 is 1.83 bits per heavy atom. The average Bonchev–Trinajstić information content (AvgIpc) is 3.32. The van der Waals surface area contributed by atoms with Crippen LogP contribution in [0.5, 0.6) is 0 Å². The van der Waals surface area contributed by atoms with E-state index in [0.717, 1.165) is 40.8 Å². The van der Waals surface area contributed by atoms with Gasteiger partial charge in [0.1, 0.15) is 5.82 Å². The molecule has 0 aliphatic carbocycles. The zero-order valence-electron chi connectivity index (χ0n) is 16.7. The molecule has 0 fully saturated rings. The first-order valence-corrected chi connectivity index (χ1v) is 9.92. The lowest BCUT2D eigenvalue weighted by molar-refractivity contribution is -0.119. The smallest absolute Gasteiger partial charge is 0.217 e. The maximum absolute atomic E-state index is 11.4. The Morgan fingerprint density at radius 3 is 2.62 bits per heavy atom. The van der Waals surface area contributed by atoms with Gasteiger partial charge in [-0.25, -0.2) is 4.98 Å². The molecular formula is C23H25N5O. The second-order valence-corrected chi connectivity index (χ2v) is 7.42. The zero-order valence-corrected chi connectivity index (χ0v) is 16.7. The van der Waals surface area contributed by atoms with Crippen LogP contribution in [0.1, 0.15) is 30.8 Å². The van der Waals surface area contributed by atoms with E-state index in [9.17, 15) is 4.79 Å². The van der Waals surface area contributed by atoms with Gasteiger partial charge in [-0.1, -0.05) is 48.5 Å². The largest absolute Gasteiger partial charge is 0.354 e. The summed E-state index contributed by atoms with van der Waals surface area (Å²) in [7, 11) is 0. The molecule has 148 valence electrons. The number of carbonyl (C=O) groups excluding carboxylic acids is 1. The maximum Gasteiger partial charge on any atom is 0.217 e. The van der Waals surface area contributed by atoms with Crippen LogP contribution in [0.4, 0.5) is 0 Å². The predicted octanol–water partition coefficient (Wildman–Crippen LogP) is 3.81. The molecule has 0 radical (unpaired) electrons. The molecule has 29 heavy (non-hydrogen) atoms. The number of hydrogen-bond acceptors (Lipinski definition) is 3. The number of aromatic nitrogens is 4. The summed E-state index contributed by atoms with van der Waals surface area (Å²) in [5, 5.41) is 11.7. The molecule has 2 aromatic carbocycles. The minimum Gasteiger partial charge on any atom is -0.354 e. The van der Waals surface area contributed by atoms with Gasteiger partial charge in [0.05, 0.1) is 5.69 Å². The Morgan fingerprint density at radius 1 is 1.07 bits per heavy atom. The number of hydrogen-bond donors (Lipinski definition) is 3. The van der Waals surface area contributed by atoms with E-state index in [0.29, 0.717) is 12.2 Å². The minimum absolute atomic E-state index is 0.0157. The number of para-hydroxylation sites is 1. The maximum atomic E-state index is 11.4. The Labute approximate surface area is 169 Å². The van der Waals surface area contributed by atoms with Gasteiger partial charge in [-0.3, -0.25) is 9.89 Å². The van der Waals surface area contributed by atoms with E-state index in [2.05, 4.69) is 38.7 Å². The molecule has 2 heterocycles. The Kier molecular flexibility index (Phi) is 5.42. The Bertz CT molecular complexity index is 1110. The molecule has 1 unspecified atom stereocenters. The lowest BCUT2D eigenvalue weighted by Crippen LogP contribution is -2.32. The van der Waals surface area contributed by atoms with Crippen LogP contribution >= 0.6 is 0 Å². The third-order valence-electron chi connectivity index (χ3n) is 5.02. The van der Waals surface area contributed by atoms with Crippen molar-refractivity contribution >= 4 is 16.8 Å². The van der Waals surface area contributed by atoms with Crippen LogP contribution in [-0.4, -0.2) is 32.1 Å². The number of aryl methyl sites for hydroxylation is 2. The summed E-state index contributed by atoms with van der Waals surface area (Å²) in [6.07, 6.45) is 2.41. The summed E-state index contributed by atoms with van der Waals surface area (Å²) in [6, 6.07) is 18.6. The summed E-state index contributed by atoms with van der Waals surface area (Å²) in [6.45, 7) is 3.55. The highest BCUT2D eigenvalue weighted by atomic mass is 16.1. The van der Waals surface area contributed by atoms with Crippen LogP contribution in [0.25, 0.3) is 22.4 Å². The van der Waals surface area contributed by atoms with Gasteiger partial charge in [0.2, 0.25) is 5.91 Å². The summed E-state index contributed by atoms with van der Waals surface area (Å²) < 4.78 is 0. The van der Waals surface area contributed by atoms with Crippen LogP contribution in [0.15, 0.2) is 54.6 Å². The van der Waals surface area contributed by atoms with Crippen molar-refractivity contribution in [1.29, 1.82) is 0 Å². The van der Waals surface area contributed by atoms with E-state index < -0.39 is 0 Å². The fourth-order valence-corrected chi connectivity index (χ4v) is 3.73. The third kappa shape index (κ3) is 4.37. The van der Waals surface area contributed by atoms with Crippen molar-refractivity contribution in [2.45, 2.75) is 39.2 Å². The lowest BCUT2D eigenvalue weighted by atomic mass is 10.0. The quantitative estimate of drug-likeness (QED) is 0.451. The van der Waals surface area contributed by atoms with E-state index in [-0.39, 0.29) is 11.9 Å².